The standard InChI is InChI=1S/C9H7N3O/c13-3-1-2-7-4-8-9(10-5-7)12-6-11-8/h1-6H,(H,10,11,12). The van der Waals surface area contributed by atoms with Gasteiger partial charge in [0.2, 0.25) is 0 Å². The average Bonchev–Trinajstić information content (AvgIpc) is 2.61. The van der Waals surface area contributed by atoms with Gasteiger partial charge in [-0.25, -0.2) is 9.97 Å². The van der Waals surface area contributed by atoms with Gasteiger partial charge >= 0.3 is 0 Å². The Morgan fingerprint density at radius 2 is 2.31 bits per heavy atom. The molecule has 0 aliphatic carbocycles. The van der Waals surface area contributed by atoms with E-state index in [1.54, 1.807) is 18.6 Å². The second kappa shape index (κ2) is 3.18. The highest BCUT2D eigenvalue weighted by Crippen LogP contribution is 2.08. The molecular formula is C9H7N3O. The number of aromatic nitrogens is 3. The Balaban J connectivity index is 2.47. The number of rotatable bonds is 2. The summed E-state index contributed by atoms with van der Waals surface area (Å²) in [4.78, 5) is 21.1. The fourth-order valence-corrected chi connectivity index (χ4v) is 1.09. The lowest BCUT2D eigenvalue weighted by Crippen LogP contribution is -1.79. The van der Waals surface area contributed by atoms with Gasteiger partial charge in [0.05, 0.1) is 11.8 Å². The summed E-state index contributed by atoms with van der Waals surface area (Å²) in [6.07, 6.45) is 7.12. The van der Waals surface area contributed by atoms with Crippen LogP contribution in [0.15, 0.2) is 24.7 Å². The molecule has 0 atom stereocenters. The molecule has 0 amide bonds. The van der Waals surface area contributed by atoms with Gasteiger partial charge in [-0.05, 0) is 17.7 Å². The van der Waals surface area contributed by atoms with E-state index in [2.05, 4.69) is 15.0 Å². The molecule has 4 nitrogen and oxygen atoms in total. The first-order chi connectivity index (χ1) is 6.40. The summed E-state index contributed by atoms with van der Waals surface area (Å²) in [7, 11) is 0. The van der Waals surface area contributed by atoms with E-state index in [4.69, 9.17) is 0 Å². The molecule has 0 bridgehead atoms. The Morgan fingerprint density at radius 1 is 1.38 bits per heavy atom. The maximum Gasteiger partial charge on any atom is 0.177 e. The molecule has 2 heterocycles. The summed E-state index contributed by atoms with van der Waals surface area (Å²) in [5.41, 5.74) is 2.43. The average molecular weight is 173 g/mol. The summed E-state index contributed by atoms with van der Waals surface area (Å²) in [5.74, 6) is 0. The minimum Gasteiger partial charge on any atom is -0.343 e. The molecule has 2 aromatic heterocycles. The summed E-state index contributed by atoms with van der Waals surface area (Å²) >= 11 is 0. The van der Waals surface area contributed by atoms with E-state index in [0.717, 1.165) is 17.4 Å². The molecule has 0 aromatic carbocycles. The molecule has 0 spiro atoms. The minimum absolute atomic E-state index is 0.684. The number of allylic oxidation sites excluding steroid dienone is 1. The zero-order valence-electron chi connectivity index (χ0n) is 6.77. The van der Waals surface area contributed by atoms with E-state index in [1.165, 1.54) is 6.08 Å². The summed E-state index contributed by atoms with van der Waals surface area (Å²) < 4.78 is 0. The Labute approximate surface area is 74.3 Å². The van der Waals surface area contributed by atoms with E-state index in [9.17, 15) is 4.79 Å². The Hall–Kier alpha value is -1.97. The van der Waals surface area contributed by atoms with Crippen molar-refractivity contribution in [2.75, 3.05) is 0 Å². The fraction of sp³-hybridized carbons (Fsp3) is 0. The molecule has 0 aliphatic heterocycles. The number of H-pyrrole nitrogens is 1. The zero-order valence-corrected chi connectivity index (χ0v) is 6.77. The smallest absolute Gasteiger partial charge is 0.177 e. The first-order valence-corrected chi connectivity index (χ1v) is 3.81. The third-order valence-corrected chi connectivity index (χ3v) is 1.66. The Bertz CT molecular complexity index is 459. The molecular weight excluding hydrogens is 166 g/mol. The number of pyridine rings is 1. The van der Waals surface area contributed by atoms with Crippen molar-refractivity contribution >= 4 is 23.5 Å². The van der Waals surface area contributed by atoms with Crippen molar-refractivity contribution in [1.29, 1.82) is 0 Å². The number of nitrogens with one attached hydrogen (secondary N) is 1. The Kier molecular flexibility index (Phi) is 1.88. The lowest BCUT2D eigenvalue weighted by Gasteiger charge is -1.90. The van der Waals surface area contributed by atoms with Gasteiger partial charge < -0.3 is 4.98 Å². The molecule has 0 radical (unpaired) electrons. The second-order valence-electron chi connectivity index (χ2n) is 2.54. The monoisotopic (exact) mass is 173 g/mol. The lowest BCUT2D eigenvalue weighted by atomic mass is 10.2. The highest BCUT2D eigenvalue weighted by Gasteiger charge is 1.96. The fourth-order valence-electron chi connectivity index (χ4n) is 1.09. The van der Waals surface area contributed by atoms with Crippen LogP contribution >= 0.6 is 0 Å². The molecule has 0 saturated heterocycles. The predicted molar refractivity (Wildman–Crippen MR) is 49.0 cm³/mol. The minimum atomic E-state index is 0.684. The maximum absolute atomic E-state index is 10.1. The molecule has 4 heteroatoms. The van der Waals surface area contributed by atoms with Gasteiger partial charge in [-0.1, -0.05) is 6.08 Å². The van der Waals surface area contributed by atoms with E-state index in [-0.39, 0.29) is 0 Å². The topological polar surface area (TPSA) is 58.6 Å². The number of aromatic amines is 1. The molecule has 0 aliphatic rings. The second-order valence-corrected chi connectivity index (χ2v) is 2.54. The number of hydrogen-bond donors (Lipinski definition) is 1. The van der Waals surface area contributed by atoms with Crippen LogP contribution in [0.4, 0.5) is 0 Å². The Morgan fingerprint density at radius 3 is 3.15 bits per heavy atom. The van der Waals surface area contributed by atoms with Gasteiger partial charge in [0.1, 0.15) is 6.29 Å². The number of imidazole rings is 1. The van der Waals surface area contributed by atoms with Crippen LogP contribution in [0, 0.1) is 0 Å². The molecule has 0 unspecified atom stereocenters. The zero-order chi connectivity index (χ0) is 9.10. The first-order valence-electron chi connectivity index (χ1n) is 3.81. The van der Waals surface area contributed by atoms with Crippen LogP contribution in [0.3, 0.4) is 0 Å². The van der Waals surface area contributed by atoms with Gasteiger partial charge in [0.15, 0.2) is 5.65 Å². The van der Waals surface area contributed by atoms with Crippen LogP contribution in [0.25, 0.3) is 17.2 Å². The highest BCUT2D eigenvalue weighted by atomic mass is 16.1. The van der Waals surface area contributed by atoms with Crippen molar-refractivity contribution in [3.05, 3.63) is 30.2 Å². The van der Waals surface area contributed by atoms with E-state index < -0.39 is 0 Å². The first kappa shape index (κ1) is 7.67. The lowest BCUT2D eigenvalue weighted by molar-refractivity contribution is -0.104. The van der Waals surface area contributed by atoms with E-state index in [0.29, 0.717) is 5.65 Å². The van der Waals surface area contributed by atoms with E-state index >= 15 is 0 Å². The summed E-state index contributed by atoms with van der Waals surface area (Å²) in [6.45, 7) is 0. The third kappa shape index (κ3) is 1.46. The normalized spacial score (nSPS) is 11.1. The number of fused-ring (bicyclic) bond motifs is 1. The van der Waals surface area contributed by atoms with Crippen molar-refractivity contribution in [2.45, 2.75) is 0 Å². The van der Waals surface area contributed by atoms with Crippen LogP contribution in [0.5, 0.6) is 0 Å². The van der Waals surface area contributed by atoms with Gasteiger partial charge in [-0.2, -0.15) is 0 Å². The molecule has 64 valence electrons. The SMILES string of the molecule is O=CC=Cc1cnc2nc[nH]c2c1. The summed E-state index contributed by atoms with van der Waals surface area (Å²) in [6, 6.07) is 1.88. The van der Waals surface area contributed by atoms with Crippen LogP contribution in [0.2, 0.25) is 0 Å². The predicted octanol–water partition coefficient (Wildman–Crippen LogP) is 1.17. The van der Waals surface area contributed by atoms with Crippen LogP contribution < -0.4 is 0 Å². The van der Waals surface area contributed by atoms with Crippen molar-refractivity contribution in [2.24, 2.45) is 0 Å². The molecule has 1 N–H and O–H groups in total. The van der Waals surface area contributed by atoms with Gasteiger partial charge in [0.25, 0.3) is 0 Å². The van der Waals surface area contributed by atoms with Crippen molar-refractivity contribution in [3.63, 3.8) is 0 Å². The van der Waals surface area contributed by atoms with Gasteiger partial charge in [-0.15, -0.1) is 0 Å². The van der Waals surface area contributed by atoms with Crippen LogP contribution in [-0.4, -0.2) is 21.2 Å². The number of carbonyl (C=O) groups is 1. The highest BCUT2D eigenvalue weighted by molar-refractivity contribution is 5.77. The third-order valence-electron chi connectivity index (χ3n) is 1.66. The molecule has 13 heavy (non-hydrogen) atoms. The number of nitrogens with zero attached hydrogens (tertiary/aromatic N) is 2. The van der Waals surface area contributed by atoms with Gasteiger partial charge in [-0.3, -0.25) is 4.79 Å². The molecule has 0 saturated carbocycles. The molecule has 2 rings (SSSR count). The number of aldehydes is 1. The van der Waals surface area contributed by atoms with Crippen LogP contribution in [0.1, 0.15) is 5.56 Å². The molecule has 2 aromatic rings. The van der Waals surface area contributed by atoms with Crippen LogP contribution in [-0.2, 0) is 4.79 Å². The van der Waals surface area contributed by atoms with Gasteiger partial charge in [0, 0.05) is 6.20 Å². The summed E-state index contributed by atoms with van der Waals surface area (Å²) in [5, 5.41) is 0. The number of hydrogen-bond acceptors (Lipinski definition) is 3. The maximum atomic E-state index is 10.1. The largest absolute Gasteiger partial charge is 0.343 e. The number of carbonyl (C=O) groups excluding carboxylic acids is 1. The van der Waals surface area contributed by atoms with Crippen molar-refractivity contribution in [3.8, 4) is 0 Å². The van der Waals surface area contributed by atoms with Crippen molar-refractivity contribution < 1.29 is 4.79 Å². The molecule has 0 fully saturated rings. The van der Waals surface area contributed by atoms with Crippen molar-refractivity contribution in [1.82, 2.24) is 15.0 Å². The quantitative estimate of drug-likeness (QED) is 0.547. The van der Waals surface area contributed by atoms with E-state index in [1.807, 2.05) is 6.07 Å².